The Balaban J connectivity index is 2.15. The van der Waals surface area contributed by atoms with E-state index < -0.39 is 18.1 Å². The number of carbonyl (C=O) groups is 2. The van der Waals surface area contributed by atoms with E-state index in [9.17, 15) is 9.59 Å². The van der Waals surface area contributed by atoms with Crippen LogP contribution in [0.1, 0.15) is 18.0 Å². The lowest BCUT2D eigenvalue weighted by Crippen LogP contribution is -2.30. The number of carboxylic acids is 1. The average molecular weight is 341 g/mol. The molecule has 0 saturated carbocycles. The number of rotatable bonds is 8. The number of para-hydroxylation sites is 1. The van der Waals surface area contributed by atoms with Crippen molar-refractivity contribution in [2.75, 3.05) is 6.61 Å². The number of nitrogens with one attached hydrogen (secondary N) is 1. The molecule has 25 heavy (non-hydrogen) atoms. The molecule has 0 aromatic heterocycles. The minimum absolute atomic E-state index is 0.0444. The van der Waals surface area contributed by atoms with Crippen LogP contribution >= 0.6 is 0 Å². The fraction of sp³-hybridized carbons (Fsp3) is 0.158. The van der Waals surface area contributed by atoms with Gasteiger partial charge in [-0.2, -0.15) is 0 Å². The normalized spacial score (nSPS) is 11.2. The third kappa shape index (κ3) is 6.02. The maximum Gasteiger partial charge on any atom is 0.407 e. The summed E-state index contributed by atoms with van der Waals surface area (Å²) < 4.78 is 10.6. The first-order valence-corrected chi connectivity index (χ1v) is 7.67. The van der Waals surface area contributed by atoms with Crippen molar-refractivity contribution >= 4 is 12.1 Å². The molecule has 0 aliphatic rings. The number of carbonyl (C=O) groups excluding carboxylic acids is 1. The fourth-order valence-electron chi connectivity index (χ4n) is 2.16. The summed E-state index contributed by atoms with van der Waals surface area (Å²) in [5.41, 5.74) is 0.603. The van der Waals surface area contributed by atoms with Crippen LogP contribution in [0.25, 0.3) is 0 Å². The van der Waals surface area contributed by atoms with Gasteiger partial charge in [0.2, 0.25) is 0 Å². The van der Waals surface area contributed by atoms with Gasteiger partial charge in [0.25, 0.3) is 0 Å². The Kier molecular flexibility index (Phi) is 6.59. The number of alkyl carbamates (subject to hydrolysis) is 1. The smallest absolute Gasteiger partial charge is 0.407 e. The topological polar surface area (TPSA) is 84.9 Å². The van der Waals surface area contributed by atoms with Crippen LogP contribution in [0, 0.1) is 0 Å². The van der Waals surface area contributed by atoms with Crippen molar-refractivity contribution in [3.63, 3.8) is 0 Å². The molecule has 2 aromatic carbocycles. The molecule has 6 heteroatoms. The first-order valence-electron chi connectivity index (χ1n) is 7.67. The van der Waals surface area contributed by atoms with Crippen LogP contribution in [-0.4, -0.2) is 23.8 Å². The van der Waals surface area contributed by atoms with Crippen molar-refractivity contribution in [1.29, 1.82) is 0 Å². The van der Waals surface area contributed by atoms with Crippen molar-refractivity contribution in [2.45, 2.75) is 12.5 Å². The highest BCUT2D eigenvalue weighted by Gasteiger charge is 2.19. The molecule has 0 bridgehead atoms. The molecule has 2 rings (SSSR count). The predicted molar refractivity (Wildman–Crippen MR) is 92.6 cm³/mol. The Bertz CT molecular complexity index is 730. The molecule has 0 spiro atoms. The number of aliphatic carboxylic acids is 1. The Hall–Kier alpha value is -3.28. The summed E-state index contributed by atoms with van der Waals surface area (Å²) >= 11 is 0. The summed E-state index contributed by atoms with van der Waals surface area (Å²) in [5, 5.41) is 11.6. The molecule has 0 aliphatic heterocycles. The van der Waals surface area contributed by atoms with Gasteiger partial charge in [0.1, 0.15) is 18.1 Å². The van der Waals surface area contributed by atoms with Gasteiger partial charge in [-0.3, -0.25) is 4.79 Å². The molecule has 2 aromatic rings. The number of hydrogen-bond acceptors (Lipinski definition) is 4. The van der Waals surface area contributed by atoms with E-state index in [-0.39, 0.29) is 13.0 Å². The first kappa shape index (κ1) is 18.1. The fourth-order valence-corrected chi connectivity index (χ4v) is 2.16. The molecule has 0 aliphatic carbocycles. The summed E-state index contributed by atoms with van der Waals surface area (Å²) in [6.07, 6.45) is 0.443. The molecule has 2 N–H and O–H groups in total. The van der Waals surface area contributed by atoms with Crippen molar-refractivity contribution in [3.05, 3.63) is 72.8 Å². The van der Waals surface area contributed by atoms with Gasteiger partial charge in [-0.15, -0.1) is 0 Å². The third-order valence-electron chi connectivity index (χ3n) is 3.24. The Morgan fingerprint density at radius 2 is 1.84 bits per heavy atom. The molecule has 0 saturated heterocycles. The van der Waals surface area contributed by atoms with Crippen LogP contribution in [-0.2, 0) is 9.53 Å². The van der Waals surface area contributed by atoms with Crippen LogP contribution in [0.4, 0.5) is 4.79 Å². The van der Waals surface area contributed by atoms with Crippen molar-refractivity contribution in [1.82, 2.24) is 5.32 Å². The second kappa shape index (κ2) is 9.12. The zero-order valence-electron chi connectivity index (χ0n) is 13.6. The molecule has 0 unspecified atom stereocenters. The lowest BCUT2D eigenvalue weighted by atomic mass is 10.0. The maximum atomic E-state index is 11.7. The third-order valence-corrected chi connectivity index (χ3v) is 3.24. The first-order chi connectivity index (χ1) is 12.1. The molecular formula is C19H19NO5. The second-order valence-corrected chi connectivity index (χ2v) is 5.17. The minimum atomic E-state index is -1.04. The van der Waals surface area contributed by atoms with E-state index in [0.29, 0.717) is 17.1 Å². The summed E-state index contributed by atoms with van der Waals surface area (Å²) in [5.74, 6) is 0.163. The zero-order valence-corrected chi connectivity index (χ0v) is 13.6. The lowest BCUT2D eigenvalue weighted by molar-refractivity contribution is -0.137. The molecule has 0 fully saturated rings. The maximum absolute atomic E-state index is 11.7. The SMILES string of the molecule is C=CCOC(=O)N[C@@H](CC(=O)O)c1cccc(Oc2ccccc2)c1. The highest BCUT2D eigenvalue weighted by molar-refractivity contribution is 5.72. The highest BCUT2D eigenvalue weighted by atomic mass is 16.5. The van der Waals surface area contributed by atoms with Gasteiger partial charge in [-0.25, -0.2) is 4.79 Å². The van der Waals surface area contributed by atoms with Gasteiger partial charge in [0.15, 0.2) is 0 Å². The predicted octanol–water partition coefficient (Wildman–Crippen LogP) is 3.91. The molecule has 6 nitrogen and oxygen atoms in total. The highest BCUT2D eigenvalue weighted by Crippen LogP contribution is 2.26. The van der Waals surface area contributed by atoms with Gasteiger partial charge < -0.3 is 19.9 Å². The van der Waals surface area contributed by atoms with E-state index in [1.807, 2.05) is 30.3 Å². The molecule has 0 radical (unpaired) electrons. The Morgan fingerprint density at radius 3 is 2.52 bits per heavy atom. The second-order valence-electron chi connectivity index (χ2n) is 5.17. The van der Waals surface area contributed by atoms with Crippen LogP contribution in [0.5, 0.6) is 11.5 Å². The standard InChI is InChI=1S/C19H19NO5/c1-2-11-24-19(23)20-17(13-18(21)22)14-7-6-10-16(12-14)25-15-8-4-3-5-9-15/h2-10,12,17H,1,11,13H2,(H,20,23)(H,21,22)/t17-/m0/s1. The van der Waals surface area contributed by atoms with Crippen LogP contribution in [0.3, 0.4) is 0 Å². The van der Waals surface area contributed by atoms with Crippen molar-refractivity contribution in [3.8, 4) is 11.5 Å². The monoisotopic (exact) mass is 341 g/mol. The lowest BCUT2D eigenvalue weighted by Gasteiger charge is -2.18. The van der Waals surface area contributed by atoms with Crippen LogP contribution in [0.2, 0.25) is 0 Å². The number of carboxylic acid groups (broad SMARTS) is 1. The summed E-state index contributed by atoms with van der Waals surface area (Å²) in [4.78, 5) is 22.9. The van der Waals surface area contributed by atoms with Gasteiger partial charge in [0.05, 0.1) is 12.5 Å². The van der Waals surface area contributed by atoms with E-state index in [0.717, 1.165) is 0 Å². The quantitative estimate of drug-likeness (QED) is 0.711. The van der Waals surface area contributed by atoms with Gasteiger partial charge in [0, 0.05) is 0 Å². The van der Waals surface area contributed by atoms with E-state index in [1.54, 1.807) is 24.3 Å². The van der Waals surface area contributed by atoms with Crippen molar-refractivity contribution in [2.24, 2.45) is 0 Å². The molecular weight excluding hydrogens is 322 g/mol. The zero-order chi connectivity index (χ0) is 18.1. The number of benzene rings is 2. The number of hydrogen-bond donors (Lipinski definition) is 2. The number of ether oxygens (including phenoxy) is 2. The Morgan fingerprint density at radius 1 is 1.12 bits per heavy atom. The van der Waals surface area contributed by atoms with Gasteiger partial charge in [-0.1, -0.05) is 43.0 Å². The van der Waals surface area contributed by atoms with Crippen molar-refractivity contribution < 1.29 is 24.2 Å². The van der Waals surface area contributed by atoms with E-state index >= 15 is 0 Å². The van der Waals surface area contributed by atoms with E-state index in [1.165, 1.54) is 6.08 Å². The average Bonchev–Trinajstić information content (AvgIpc) is 2.60. The minimum Gasteiger partial charge on any atom is -0.481 e. The Labute approximate surface area is 145 Å². The van der Waals surface area contributed by atoms with E-state index in [2.05, 4.69) is 11.9 Å². The van der Waals surface area contributed by atoms with Gasteiger partial charge in [-0.05, 0) is 29.8 Å². The molecule has 130 valence electrons. The van der Waals surface area contributed by atoms with Crippen LogP contribution < -0.4 is 10.1 Å². The van der Waals surface area contributed by atoms with Gasteiger partial charge >= 0.3 is 12.1 Å². The van der Waals surface area contributed by atoms with Crippen LogP contribution in [0.15, 0.2) is 67.3 Å². The molecule has 1 amide bonds. The molecule has 1 atom stereocenters. The summed E-state index contributed by atoms with van der Waals surface area (Å²) in [6, 6.07) is 15.4. The largest absolute Gasteiger partial charge is 0.481 e. The summed E-state index contributed by atoms with van der Waals surface area (Å²) in [6.45, 7) is 3.50. The summed E-state index contributed by atoms with van der Waals surface area (Å²) in [7, 11) is 0. The molecule has 0 heterocycles. The van der Waals surface area contributed by atoms with E-state index in [4.69, 9.17) is 14.6 Å². The number of amides is 1.